The van der Waals surface area contributed by atoms with Gasteiger partial charge in [-0.1, -0.05) is 66.2 Å². The molecular weight excluding hydrogens is 332 g/mol. The average Bonchev–Trinajstić information content (AvgIpc) is 2.67. The molecule has 0 saturated heterocycles. The Morgan fingerprint density at radius 3 is 2.28 bits per heavy atom. The van der Waals surface area contributed by atoms with Crippen molar-refractivity contribution in [3.8, 4) is 5.75 Å². The molecule has 126 valence electrons. The van der Waals surface area contributed by atoms with Crippen LogP contribution in [0.3, 0.4) is 0 Å². The van der Waals surface area contributed by atoms with E-state index >= 15 is 0 Å². The van der Waals surface area contributed by atoms with Gasteiger partial charge in [-0.15, -0.1) is 0 Å². The molecular formula is C21H19ClN2O. The quantitative estimate of drug-likeness (QED) is 0.493. The number of nitrogens with one attached hydrogen (secondary N) is 1. The number of ether oxygens (including phenoxy) is 1. The minimum atomic E-state index is 0.561. The zero-order chi connectivity index (χ0) is 17.5. The van der Waals surface area contributed by atoms with Gasteiger partial charge < -0.3 is 10.1 Å². The Kier molecular flexibility index (Phi) is 5.70. The van der Waals surface area contributed by atoms with Crippen molar-refractivity contribution in [3.05, 3.63) is 95.0 Å². The Morgan fingerprint density at radius 2 is 1.60 bits per heavy atom. The lowest BCUT2D eigenvalue weighted by Gasteiger charge is -2.12. The topological polar surface area (TPSA) is 33.6 Å². The van der Waals surface area contributed by atoms with Crippen LogP contribution in [0.5, 0.6) is 5.75 Å². The molecule has 0 bridgehead atoms. The number of halogens is 1. The number of anilines is 1. The minimum absolute atomic E-state index is 0.561. The molecule has 0 radical (unpaired) electrons. The van der Waals surface area contributed by atoms with Crippen LogP contribution in [-0.2, 0) is 6.54 Å². The van der Waals surface area contributed by atoms with Crippen molar-refractivity contribution < 1.29 is 4.74 Å². The van der Waals surface area contributed by atoms with E-state index in [4.69, 9.17) is 21.3 Å². The van der Waals surface area contributed by atoms with E-state index in [0.29, 0.717) is 11.6 Å². The van der Waals surface area contributed by atoms with Gasteiger partial charge in [0.25, 0.3) is 0 Å². The number of hydrogen-bond donors (Lipinski definition) is 1. The molecule has 0 fully saturated rings. The Bertz CT molecular complexity index is 845. The predicted molar refractivity (Wildman–Crippen MR) is 105 cm³/mol. The lowest BCUT2D eigenvalue weighted by Crippen LogP contribution is -2.14. The third-order valence-corrected chi connectivity index (χ3v) is 4.08. The molecule has 0 unspecified atom stereocenters. The number of benzene rings is 3. The number of aliphatic imine (C=N–C) groups is 1. The van der Waals surface area contributed by atoms with Gasteiger partial charge in [0.1, 0.15) is 11.6 Å². The van der Waals surface area contributed by atoms with Crippen LogP contribution >= 0.6 is 11.6 Å². The van der Waals surface area contributed by atoms with Crippen molar-refractivity contribution in [3.63, 3.8) is 0 Å². The highest BCUT2D eigenvalue weighted by atomic mass is 35.5. The fraction of sp³-hybridized carbons (Fsp3) is 0.0952. The molecule has 0 aliphatic heterocycles. The van der Waals surface area contributed by atoms with Gasteiger partial charge in [-0.3, -0.25) is 4.99 Å². The van der Waals surface area contributed by atoms with Crippen LogP contribution in [0.2, 0.25) is 5.02 Å². The van der Waals surface area contributed by atoms with Crippen LogP contribution in [0.25, 0.3) is 0 Å². The zero-order valence-electron chi connectivity index (χ0n) is 13.9. The monoisotopic (exact) mass is 350 g/mol. The van der Waals surface area contributed by atoms with Gasteiger partial charge >= 0.3 is 0 Å². The van der Waals surface area contributed by atoms with Crippen molar-refractivity contribution in [1.29, 1.82) is 0 Å². The molecule has 0 amide bonds. The highest BCUT2D eigenvalue weighted by molar-refractivity contribution is 6.34. The summed E-state index contributed by atoms with van der Waals surface area (Å²) in [5.74, 6) is 1.62. The SMILES string of the molecule is COc1ccc(CN=C(Nc2ccccc2Cl)c2ccccc2)cc1. The van der Waals surface area contributed by atoms with Crippen molar-refractivity contribution >= 4 is 23.1 Å². The molecule has 0 atom stereocenters. The summed E-state index contributed by atoms with van der Waals surface area (Å²) >= 11 is 6.27. The predicted octanol–water partition coefficient (Wildman–Crippen LogP) is 5.41. The molecule has 0 heterocycles. The third kappa shape index (κ3) is 4.61. The summed E-state index contributed by atoms with van der Waals surface area (Å²) in [7, 11) is 1.66. The maximum absolute atomic E-state index is 6.27. The lowest BCUT2D eigenvalue weighted by molar-refractivity contribution is 0.414. The van der Waals surface area contributed by atoms with E-state index in [1.165, 1.54) is 0 Å². The van der Waals surface area contributed by atoms with E-state index in [1.54, 1.807) is 7.11 Å². The standard InChI is InChI=1S/C21H19ClN2O/c1-25-18-13-11-16(12-14-18)15-23-21(17-7-3-2-4-8-17)24-20-10-6-5-9-19(20)22/h2-14H,15H2,1H3,(H,23,24). The van der Waals surface area contributed by atoms with Gasteiger partial charge in [-0.05, 0) is 29.8 Å². The van der Waals surface area contributed by atoms with Crippen molar-refractivity contribution in [2.75, 3.05) is 12.4 Å². The molecule has 0 aliphatic carbocycles. The highest BCUT2D eigenvalue weighted by Gasteiger charge is 2.06. The van der Waals surface area contributed by atoms with Gasteiger partial charge in [0.2, 0.25) is 0 Å². The molecule has 3 aromatic carbocycles. The van der Waals surface area contributed by atoms with Crippen LogP contribution in [0.1, 0.15) is 11.1 Å². The van der Waals surface area contributed by atoms with Gasteiger partial charge in [0, 0.05) is 5.56 Å². The lowest BCUT2D eigenvalue weighted by atomic mass is 10.2. The number of amidine groups is 1. The number of para-hydroxylation sites is 1. The number of nitrogens with zero attached hydrogens (tertiary/aromatic N) is 1. The van der Waals surface area contributed by atoms with E-state index in [1.807, 2.05) is 78.9 Å². The van der Waals surface area contributed by atoms with Crippen LogP contribution < -0.4 is 10.1 Å². The van der Waals surface area contributed by atoms with Crippen LogP contribution in [0.15, 0.2) is 83.9 Å². The van der Waals surface area contributed by atoms with E-state index in [0.717, 1.165) is 28.4 Å². The summed E-state index contributed by atoms with van der Waals surface area (Å²) in [5.41, 5.74) is 2.95. The van der Waals surface area contributed by atoms with E-state index in [-0.39, 0.29) is 0 Å². The second-order valence-electron chi connectivity index (χ2n) is 5.48. The summed E-state index contributed by atoms with van der Waals surface area (Å²) in [4.78, 5) is 4.76. The number of hydrogen-bond acceptors (Lipinski definition) is 2. The molecule has 0 saturated carbocycles. The maximum atomic E-state index is 6.27. The van der Waals surface area contributed by atoms with Crippen LogP contribution in [-0.4, -0.2) is 12.9 Å². The van der Waals surface area contributed by atoms with Crippen LogP contribution in [0.4, 0.5) is 5.69 Å². The minimum Gasteiger partial charge on any atom is -0.497 e. The molecule has 0 spiro atoms. The Morgan fingerprint density at radius 1 is 0.920 bits per heavy atom. The zero-order valence-corrected chi connectivity index (χ0v) is 14.7. The van der Waals surface area contributed by atoms with Crippen molar-refractivity contribution in [1.82, 2.24) is 0 Å². The van der Waals surface area contributed by atoms with Gasteiger partial charge in [-0.25, -0.2) is 0 Å². The molecule has 1 N–H and O–H groups in total. The van der Waals surface area contributed by atoms with Crippen LogP contribution in [0, 0.1) is 0 Å². The molecule has 4 heteroatoms. The fourth-order valence-corrected chi connectivity index (χ4v) is 2.57. The average molecular weight is 351 g/mol. The first kappa shape index (κ1) is 17.1. The van der Waals surface area contributed by atoms with E-state index in [2.05, 4.69) is 5.32 Å². The molecule has 25 heavy (non-hydrogen) atoms. The first-order valence-corrected chi connectivity index (χ1v) is 8.38. The molecule has 3 aromatic rings. The van der Waals surface area contributed by atoms with Gasteiger partial charge in [0.05, 0.1) is 24.4 Å². The smallest absolute Gasteiger partial charge is 0.133 e. The summed E-state index contributed by atoms with van der Waals surface area (Å²) in [6, 6.07) is 25.6. The second-order valence-corrected chi connectivity index (χ2v) is 5.89. The largest absolute Gasteiger partial charge is 0.497 e. The van der Waals surface area contributed by atoms with Gasteiger partial charge in [0.15, 0.2) is 0 Å². The highest BCUT2D eigenvalue weighted by Crippen LogP contribution is 2.22. The summed E-state index contributed by atoms with van der Waals surface area (Å²) in [6.07, 6.45) is 0. The van der Waals surface area contributed by atoms with E-state index < -0.39 is 0 Å². The first-order chi connectivity index (χ1) is 12.3. The maximum Gasteiger partial charge on any atom is 0.133 e. The van der Waals surface area contributed by atoms with E-state index in [9.17, 15) is 0 Å². The Hall–Kier alpha value is -2.78. The second kappa shape index (κ2) is 8.36. The van der Waals surface area contributed by atoms with Crippen molar-refractivity contribution in [2.24, 2.45) is 4.99 Å². The Balaban J connectivity index is 1.86. The molecule has 3 rings (SSSR count). The summed E-state index contributed by atoms with van der Waals surface area (Å²) in [5, 5.41) is 4.01. The Labute approximate surface area is 153 Å². The third-order valence-electron chi connectivity index (χ3n) is 3.75. The summed E-state index contributed by atoms with van der Waals surface area (Å²) in [6.45, 7) is 0.561. The summed E-state index contributed by atoms with van der Waals surface area (Å²) < 4.78 is 5.19. The van der Waals surface area contributed by atoms with Gasteiger partial charge in [-0.2, -0.15) is 0 Å². The van der Waals surface area contributed by atoms with Crippen molar-refractivity contribution in [2.45, 2.75) is 6.54 Å². The molecule has 3 nitrogen and oxygen atoms in total. The molecule has 0 aliphatic rings. The normalized spacial score (nSPS) is 11.2. The molecule has 0 aromatic heterocycles. The fourth-order valence-electron chi connectivity index (χ4n) is 2.39. The number of methoxy groups -OCH3 is 1. The first-order valence-electron chi connectivity index (χ1n) is 8.00. The number of rotatable bonds is 5.